The minimum absolute atomic E-state index is 0.371. The lowest BCUT2D eigenvalue weighted by atomic mass is 10.1. The first-order chi connectivity index (χ1) is 6.19. The Morgan fingerprint density at radius 3 is 2.77 bits per heavy atom. The van der Waals surface area contributed by atoms with Gasteiger partial charge < -0.3 is 15.6 Å². The highest BCUT2D eigenvalue weighted by Crippen LogP contribution is 2.26. The third-order valence-electron chi connectivity index (χ3n) is 1.76. The van der Waals surface area contributed by atoms with Gasteiger partial charge in [0.05, 0.1) is 7.11 Å². The first kappa shape index (κ1) is 9.80. The zero-order chi connectivity index (χ0) is 9.84. The van der Waals surface area contributed by atoms with E-state index in [-0.39, 0.29) is 5.75 Å². The van der Waals surface area contributed by atoms with Gasteiger partial charge in [0.25, 0.3) is 0 Å². The number of rotatable bonds is 3. The van der Waals surface area contributed by atoms with Crippen molar-refractivity contribution in [2.45, 2.75) is 6.42 Å². The van der Waals surface area contributed by atoms with Crippen LogP contribution in [0.5, 0.6) is 11.5 Å². The van der Waals surface area contributed by atoms with E-state index in [2.05, 4.69) is 0 Å². The molecular formula is C9H12FNO2. The van der Waals surface area contributed by atoms with Crippen molar-refractivity contribution in [2.24, 2.45) is 5.73 Å². The lowest BCUT2D eigenvalue weighted by Gasteiger charge is -2.08. The number of phenols is 1. The third-order valence-corrected chi connectivity index (χ3v) is 1.76. The van der Waals surface area contributed by atoms with Crippen LogP contribution in [0.15, 0.2) is 12.1 Å². The van der Waals surface area contributed by atoms with Crippen molar-refractivity contribution in [3.05, 3.63) is 23.5 Å². The molecule has 1 aromatic rings. The smallest absolute Gasteiger partial charge is 0.168 e. The number of hydrogen-bond acceptors (Lipinski definition) is 3. The molecule has 0 aromatic heterocycles. The summed E-state index contributed by atoms with van der Waals surface area (Å²) in [6.45, 7) is 0.432. The highest BCUT2D eigenvalue weighted by atomic mass is 19.1. The molecular weight excluding hydrogens is 173 g/mol. The van der Waals surface area contributed by atoms with Gasteiger partial charge in [0.2, 0.25) is 0 Å². The van der Waals surface area contributed by atoms with Gasteiger partial charge in [-0.1, -0.05) is 0 Å². The average Bonchev–Trinajstić information content (AvgIpc) is 2.11. The van der Waals surface area contributed by atoms with Gasteiger partial charge in [-0.25, -0.2) is 4.39 Å². The van der Waals surface area contributed by atoms with Gasteiger partial charge in [0.1, 0.15) is 5.75 Å². The van der Waals surface area contributed by atoms with E-state index >= 15 is 0 Å². The number of benzene rings is 1. The van der Waals surface area contributed by atoms with Gasteiger partial charge in [0, 0.05) is 6.07 Å². The molecule has 0 spiro atoms. The van der Waals surface area contributed by atoms with Crippen LogP contribution in [0.3, 0.4) is 0 Å². The molecule has 0 amide bonds. The molecule has 0 bridgehead atoms. The van der Waals surface area contributed by atoms with Crippen LogP contribution in [0.1, 0.15) is 5.56 Å². The summed E-state index contributed by atoms with van der Waals surface area (Å²) in [6.07, 6.45) is 0.553. The number of aromatic hydroxyl groups is 1. The second-order valence-corrected chi connectivity index (χ2v) is 2.65. The highest BCUT2D eigenvalue weighted by Gasteiger charge is 2.08. The minimum atomic E-state index is -0.683. The quantitative estimate of drug-likeness (QED) is 0.739. The van der Waals surface area contributed by atoms with Crippen LogP contribution in [0.2, 0.25) is 0 Å². The van der Waals surface area contributed by atoms with E-state index in [0.29, 0.717) is 24.3 Å². The van der Waals surface area contributed by atoms with Gasteiger partial charge in [-0.3, -0.25) is 0 Å². The maximum Gasteiger partial charge on any atom is 0.168 e. The SMILES string of the molecule is COc1cc(F)c(O)cc1CCN. The summed E-state index contributed by atoms with van der Waals surface area (Å²) in [5.41, 5.74) is 6.05. The summed E-state index contributed by atoms with van der Waals surface area (Å²) < 4.78 is 17.8. The molecule has 3 N–H and O–H groups in total. The molecule has 13 heavy (non-hydrogen) atoms. The molecule has 1 aromatic carbocycles. The molecule has 0 unspecified atom stereocenters. The molecule has 0 aliphatic heterocycles. The van der Waals surface area contributed by atoms with Crippen molar-refractivity contribution in [3.63, 3.8) is 0 Å². The molecule has 0 aliphatic rings. The van der Waals surface area contributed by atoms with Gasteiger partial charge in [-0.2, -0.15) is 0 Å². The molecule has 1 rings (SSSR count). The number of halogens is 1. The van der Waals surface area contributed by atoms with E-state index in [1.54, 1.807) is 0 Å². The van der Waals surface area contributed by atoms with E-state index in [4.69, 9.17) is 15.6 Å². The van der Waals surface area contributed by atoms with E-state index in [1.165, 1.54) is 13.2 Å². The summed E-state index contributed by atoms with van der Waals surface area (Å²) in [4.78, 5) is 0. The van der Waals surface area contributed by atoms with Gasteiger partial charge >= 0.3 is 0 Å². The third kappa shape index (κ3) is 2.09. The van der Waals surface area contributed by atoms with Crippen molar-refractivity contribution < 1.29 is 14.2 Å². The van der Waals surface area contributed by atoms with Crippen molar-refractivity contribution in [2.75, 3.05) is 13.7 Å². The molecule has 0 radical (unpaired) electrons. The fraction of sp³-hybridized carbons (Fsp3) is 0.333. The number of methoxy groups -OCH3 is 1. The summed E-state index contributed by atoms with van der Waals surface area (Å²) in [5.74, 6) is -0.636. The Labute approximate surface area is 75.9 Å². The zero-order valence-corrected chi connectivity index (χ0v) is 7.38. The Bertz CT molecular complexity index is 302. The molecule has 0 saturated heterocycles. The van der Waals surface area contributed by atoms with Gasteiger partial charge in [0.15, 0.2) is 11.6 Å². The first-order valence-electron chi connectivity index (χ1n) is 3.94. The molecule has 0 aliphatic carbocycles. The fourth-order valence-electron chi connectivity index (χ4n) is 1.13. The molecule has 0 saturated carbocycles. The number of phenolic OH excluding ortho intramolecular Hbond substituents is 1. The van der Waals surface area contributed by atoms with E-state index in [9.17, 15) is 4.39 Å². The predicted octanol–water partition coefficient (Wildman–Crippen LogP) is 1.04. The lowest BCUT2D eigenvalue weighted by Crippen LogP contribution is -2.04. The molecule has 3 nitrogen and oxygen atoms in total. The van der Waals surface area contributed by atoms with E-state index < -0.39 is 5.82 Å². The average molecular weight is 185 g/mol. The van der Waals surface area contributed by atoms with Crippen molar-refractivity contribution in [1.82, 2.24) is 0 Å². The van der Waals surface area contributed by atoms with Crippen molar-refractivity contribution in [1.29, 1.82) is 0 Å². The molecule has 72 valence electrons. The summed E-state index contributed by atoms with van der Waals surface area (Å²) in [5, 5.41) is 9.08. The van der Waals surface area contributed by atoms with Crippen LogP contribution in [0.25, 0.3) is 0 Å². The Morgan fingerprint density at radius 1 is 1.54 bits per heavy atom. The van der Waals surface area contributed by atoms with Crippen LogP contribution >= 0.6 is 0 Å². The first-order valence-corrected chi connectivity index (χ1v) is 3.94. The summed E-state index contributed by atoms with van der Waals surface area (Å²) in [7, 11) is 1.45. The van der Waals surface area contributed by atoms with Crippen molar-refractivity contribution in [3.8, 4) is 11.5 Å². The molecule has 0 heterocycles. The predicted molar refractivity (Wildman–Crippen MR) is 47.4 cm³/mol. The zero-order valence-electron chi connectivity index (χ0n) is 7.38. The summed E-state index contributed by atoms with van der Waals surface area (Å²) in [6, 6.07) is 2.49. The monoisotopic (exact) mass is 185 g/mol. The van der Waals surface area contributed by atoms with E-state index in [1.807, 2.05) is 0 Å². The van der Waals surface area contributed by atoms with Crippen molar-refractivity contribution >= 4 is 0 Å². The number of nitrogens with two attached hydrogens (primary N) is 1. The molecule has 0 atom stereocenters. The lowest BCUT2D eigenvalue weighted by molar-refractivity contribution is 0.394. The molecule has 0 fully saturated rings. The maximum absolute atomic E-state index is 12.8. The second-order valence-electron chi connectivity index (χ2n) is 2.65. The maximum atomic E-state index is 12.8. The fourth-order valence-corrected chi connectivity index (χ4v) is 1.13. The van der Waals surface area contributed by atoms with Gasteiger partial charge in [-0.05, 0) is 24.6 Å². The number of hydrogen-bond donors (Lipinski definition) is 2. The Hall–Kier alpha value is -1.29. The Balaban J connectivity index is 3.09. The van der Waals surface area contributed by atoms with Gasteiger partial charge in [-0.15, -0.1) is 0 Å². The van der Waals surface area contributed by atoms with Crippen LogP contribution in [-0.4, -0.2) is 18.8 Å². The Morgan fingerprint density at radius 2 is 2.23 bits per heavy atom. The minimum Gasteiger partial charge on any atom is -0.505 e. The van der Waals surface area contributed by atoms with Crippen LogP contribution in [0, 0.1) is 5.82 Å². The summed E-state index contributed by atoms with van der Waals surface area (Å²) >= 11 is 0. The molecule has 4 heteroatoms. The largest absolute Gasteiger partial charge is 0.505 e. The van der Waals surface area contributed by atoms with Crippen LogP contribution in [0.4, 0.5) is 4.39 Å². The standard InChI is InChI=1S/C9H12FNO2/c1-13-9-5-7(10)8(12)4-6(9)2-3-11/h4-5,12H,2-3,11H2,1H3. The number of ether oxygens (including phenoxy) is 1. The van der Waals surface area contributed by atoms with Crippen LogP contribution in [-0.2, 0) is 6.42 Å². The second kappa shape index (κ2) is 4.09. The van der Waals surface area contributed by atoms with Crippen LogP contribution < -0.4 is 10.5 Å². The Kier molecular flexibility index (Phi) is 3.08. The topological polar surface area (TPSA) is 55.5 Å². The highest BCUT2D eigenvalue weighted by molar-refractivity contribution is 5.40. The normalized spacial score (nSPS) is 10.1. The van der Waals surface area contributed by atoms with E-state index in [0.717, 1.165) is 6.07 Å².